The number of nitrogens with zero attached hydrogens (tertiary/aromatic N) is 1. The number of likely N-dealkylation sites (tertiary alicyclic amines) is 1. The molecule has 0 aromatic heterocycles. The van der Waals surface area contributed by atoms with E-state index in [4.69, 9.17) is 0 Å². The first-order valence-corrected chi connectivity index (χ1v) is 6.30. The second kappa shape index (κ2) is 5.48. The zero-order valence-electron chi connectivity index (χ0n) is 10.5. The van der Waals surface area contributed by atoms with Crippen LogP contribution in [0.1, 0.15) is 31.4 Å². The summed E-state index contributed by atoms with van der Waals surface area (Å²) < 4.78 is 13.2. The second-order valence-electron chi connectivity index (χ2n) is 5.01. The summed E-state index contributed by atoms with van der Waals surface area (Å²) in [4.78, 5) is 13.4. The third kappa shape index (κ3) is 2.88. The normalized spacial score (nSPS) is 19.7. The zero-order valence-corrected chi connectivity index (χ0v) is 10.5. The Labute approximate surface area is 106 Å². The third-order valence-electron chi connectivity index (χ3n) is 3.58. The number of carboxylic acid groups (broad SMARTS) is 1. The molecule has 0 bridgehead atoms. The van der Waals surface area contributed by atoms with E-state index < -0.39 is 12.0 Å². The van der Waals surface area contributed by atoms with Gasteiger partial charge in [0.2, 0.25) is 0 Å². The van der Waals surface area contributed by atoms with Crippen molar-refractivity contribution in [1.29, 1.82) is 0 Å². The van der Waals surface area contributed by atoms with Crippen molar-refractivity contribution >= 4 is 5.97 Å². The van der Waals surface area contributed by atoms with E-state index in [0.717, 1.165) is 25.9 Å². The van der Waals surface area contributed by atoms with Gasteiger partial charge >= 0.3 is 5.97 Å². The van der Waals surface area contributed by atoms with E-state index in [0.29, 0.717) is 11.5 Å². The van der Waals surface area contributed by atoms with Gasteiger partial charge in [-0.1, -0.05) is 19.1 Å². The van der Waals surface area contributed by atoms with Gasteiger partial charge in [0, 0.05) is 0 Å². The van der Waals surface area contributed by atoms with Crippen molar-refractivity contribution in [3.05, 3.63) is 35.6 Å². The Kier molecular flexibility index (Phi) is 3.97. The molecule has 0 radical (unpaired) electrons. The lowest BCUT2D eigenvalue weighted by atomic mass is 9.96. The van der Waals surface area contributed by atoms with Gasteiger partial charge in [-0.05, 0) is 49.5 Å². The Morgan fingerprint density at radius 2 is 2.11 bits per heavy atom. The van der Waals surface area contributed by atoms with Crippen molar-refractivity contribution in [1.82, 2.24) is 4.90 Å². The number of carbonyl (C=O) groups is 1. The van der Waals surface area contributed by atoms with Crippen molar-refractivity contribution in [3.63, 3.8) is 0 Å². The van der Waals surface area contributed by atoms with Crippen LogP contribution in [0.5, 0.6) is 0 Å². The van der Waals surface area contributed by atoms with Crippen molar-refractivity contribution in [3.8, 4) is 0 Å². The molecular formula is C14H18FNO2. The van der Waals surface area contributed by atoms with Gasteiger partial charge < -0.3 is 5.11 Å². The van der Waals surface area contributed by atoms with E-state index in [1.54, 1.807) is 12.1 Å². The molecule has 1 saturated heterocycles. The molecule has 0 aliphatic carbocycles. The summed E-state index contributed by atoms with van der Waals surface area (Å²) in [5, 5.41) is 9.37. The fraction of sp³-hybridized carbons (Fsp3) is 0.500. The molecule has 1 aromatic carbocycles. The van der Waals surface area contributed by atoms with Crippen molar-refractivity contribution in [2.75, 3.05) is 13.1 Å². The number of aliphatic carboxylic acids is 1. The van der Waals surface area contributed by atoms with Crippen LogP contribution in [0.2, 0.25) is 0 Å². The Morgan fingerprint density at radius 3 is 2.67 bits per heavy atom. The quantitative estimate of drug-likeness (QED) is 0.898. The fourth-order valence-electron chi connectivity index (χ4n) is 2.47. The van der Waals surface area contributed by atoms with Gasteiger partial charge in [0.1, 0.15) is 11.9 Å². The molecule has 1 N–H and O–H groups in total. The van der Waals surface area contributed by atoms with E-state index >= 15 is 0 Å². The van der Waals surface area contributed by atoms with Crippen LogP contribution in [-0.2, 0) is 4.79 Å². The minimum Gasteiger partial charge on any atom is -0.480 e. The van der Waals surface area contributed by atoms with Crippen LogP contribution >= 0.6 is 0 Å². The third-order valence-corrected chi connectivity index (χ3v) is 3.58. The van der Waals surface area contributed by atoms with Crippen LogP contribution in [0.4, 0.5) is 4.39 Å². The van der Waals surface area contributed by atoms with Crippen LogP contribution in [0.3, 0.4) is 0 Å². The molecule has 1 aromatic rings. The molecule has 1 heterocycles. The Balaban J connectivity index is 2.21. The maximum absolute atomic E-state index is 13.2. The molecule has 3 nitrogen and oxygen atoms in total. The highest BCUT2D eigenvalue weighted by Gasteiger charge is 2.30. The molecule has 4 heteroatoms. The summed E-state index contributed by atoms with van der Waals surface area (Å²) in [5.74, 6) is -0.650. The molecule has 1 aliphatic rings. The van der Waals surface area contributed by atoms with Gasteiger partial charge in [0.15, 0.2) is 0 Å². The summed E-state index contributed by atoms with van der Waals surface area (Å²) in [5.41, 5.74) is 0.525. The van der Waals surface area contributed by atoms with Crippen LogP contribution in [-0.4, -0.2) is 29.1 Å². The minimum atomic E-state index is -0.907. The van der Waals surface area contributed by atoms with Crippen molar-refractivity contribution in [2.45, 2.75) is 25.8 Å². The highest BCUT2D eigenvalue weighted by molar-refractivity contribution is 5.75. The molecule has 18 heavy (non-hydrogen) atoms. The smallest absolute Gasteiger partial charge is 0.325 e. The summed E-state index contributed by atoms with van der Waals surface area (Å²) in [6.45, 7) is 3.69. The molecule has 0 amide bonds. The highest BCUT2D eigenvalue weighted by atomic mass is 19.1. The lowest BCUT2D eigenvalue weighted by Gasteiger charge is -2.34. The van der Waals surface area contributed by atoms with Crippen LogP contribution in [0.15, 0.2) is 24.3 Å². The maximum atomic E-state index is 13.2. The maximum Gasteiger partial charge on any atom is 0.325 e. The van der Waals surface area contributed by atoms with E-state index in [1.165, 1.54) is 12.1 Å². The first-order valence-electron chi connectivity index (χ1n) is 6.30. The van der Waals surface area contributed by atoms with Crippen LogP contribution < -0.4 is 0 Å². The molecule has 1 aliphatic heterocycles. The standard InChI is InChI=1S/C14H18FNO2/c1-10-5-7-16(8-6-10)13(14(17)18)11-3-2-4-12(15)9-11/h2-4,9-10,13H,5-8H2,1H3,(H,17,18). The first kappa shape index (κ1) is 13.0. The summed E-state index contributed by atoms with van der Waals surface area (Å²) in [6, 6.07) is 5.16. The molecule has 1 fully saturated rings. The van der Waals surface area contributed by atoms with Gasteiger partial charge in [-0.2, -0.15) is 0 Å². The van der Waals surface area contributed by atoms with E-state index in [2.05, 4.69) is 6.92 Å². The molecule has 0 saturated carbocycles. The predicted molar refractivity (Wildman–Crippen MR) is 66.7 cm³/mol. The van der Waals surface area contributed by atoms with Gasteiger partial charge in [-0.25, -0.2) is 4.39 Å². The number of piperidine rings is 1. The Hall–Kier alpha value is -1.42. The average Bonchev–Trinajstić information content (AvgIpc) is 2.32. The van der Waals surface area contributed by atoms with Crippen LogP contribution in [0, 0.1) is 11.7 Å². The zero-order chi connectivity index (χ0) is 13.1. The topological polar surface area (TPSA) is 40.5 Å². The second-order valence-corrected chi connectivity index (χ2v) is 5.01. The predicted octanol–water partition coefficient (Wildman–Crippen LogP) is 2.68. The molecule has 1 unspecified atom stereocenters. The number of benzene rings is 1. The number of hydrogen-bond acceptors (Lipinski definition) is 2. The molecule has 1 atom stereocenters. The number of hydrogen-bond donors (Lipinski definition) is 1. The largest absolute Gasteiger partial charge is 0.480 e. The molecule has 98 valence electrons. The molecule has 2 rings (SSSR count). The van der Waals surface area contributed by atoms with Gasteiger partial charge in [0.05, 0.1) is 0 Å². The average molecular weight is 251 g/mol. The van der Waals surface area contributed by atoms with Crippen molar-refractivity contribution < 1.29 is 14.3 Å². The minimum absolute atomic E-state index is 0.385. The van der Waals surface area contributed by atoms with E-state index in [1.807, 2.05) is 4.90 Å². The Bertz CT molecular complexity index is 428. The van der Waals surface area contributed by atoms with Gasteiger partial charge in [-0.15, -0.1) is 0 Å². The van der Waals surface area contributed by atoms with Gasteiger partial charge in [-0.3, -0.25) is 9.69 Å². The van der Waals surface area contributed by atoms with E-state index in [9.17, 15) is 14.3 Å². The van der Waals surface area contributed by atoms with Crippen LogP contribution in [0.25, 0.3) is 0 Å². The fourth-order valence-corrected chi connectivity index (χ4v) is 2.47. The number of carboxylic acids is 1. The lowest BCUT2D eigenvalue weighted by molar-refractivity contribution is -0.144. The summed E-state index contributed by atoms with van der Waals surface area (Å²) in [6.07, 6.45) is 2.00. The molecular weight excluding hydrogens is 233 g/mol. The number of halogens is 1. The molecule has 0 spiro atoms. The summed E-state index contributed by atoms with van der Waals surface area (Å²) in [7, 11) is 0. The number of rotatable bonds is 3. The van der Waals surface area contributed by atoms with Gasteiger partial charge in [0.25, 0.3) is 0 Å². The first-order chi connectivity index (χ1) is 8.58. The lowest BCUT2D eigenvalue weighted by Crippen LogP contribution is -2.39. The SMILES string of the molecule is CC1CCN(C(C(=O)O)c2cccc(F)c2)CC1. The van der Waals surface area contributed by atoms with E-state index in [-0.39, 0.29) is 5.82 Å². The highest BCUT2D eigenvalue weighted by Crippen LogP contribution is 2.27. The monoisotopic (exact) mass is 251 g/mol. The Morgan fingerprint density at radius 1 is 1.44 bits per heavy atom. The van der Waals surface area contributed by atoms with Crippen molar-refractivity contribution in [2.24, 2.45) is 5.92 Å². The summed E-state index contributed by atoms with van der Waals surface area (Å²) >= 11 is 0.